The molecule has 18 heavy (non-hydrogen) atoms. The maximum atomic E-state index is 12.4. The summed E-state index contributed by atoms with van der Waals surface area (Å²) >= 11 is 0. The molecule has 1 aliphatic carbocycles. The van der Waals surface area contributed by atoms with E-state index in [9.17, 15) is 18.0 Å². The van der Waals surface area contributed by atoms with Crippen LogP contribution >= 0.6 is 0 Å². The minimum Gasteiger partial charge on any atom is -0.318 e. The molecule has 1 heterocycles. The Balaban J connectivity index is 2.24. The minimum absolute atomic E-state index is 0.123. The zero-order valence-corrected chi connectivity index (χ0v) is 10.4. The van der Waals surface area contributed by atoms with Crippen LogP contribution in [0.3, 0.4) is 0 Å². The molecular formula is C13H16F3NO. The van der Waals surface area contributed by atoms with E-state index in [2.05, 4.69) is 0 Å². The van der Waals surface area contributed by atoms with Crippen molar-refractivity contribution in [1.82, 2.24) is 4.90 Å². The molecule has 0 saturated carbocycles. The van der Waals surface area contributed by atoms with Gasteiger partial charge in [0.15, 0.2) is 0 Å². The largest absolute Gasteiger partial charge is 0.389 e. The third kappa shape index (κ3) is 2.06. The van der Waals surface area contributed by atoms with Gasteiger partial charge in [0.1, 0.15) is 0 Å². The molecule has 0 spiro atoms. The number of hydrogen-bond acceptors (Lipinski definition) is 1. The molecule has 0 aromatic carbocycles. The second-order valence-electron chi connectivity index (χ2n) is 5.20. The smallest absolute Gasteiger partial charge is 0.318 e. The fourth-order valence-electron chi connectivity index (χ4n) is 2.88. The molecule has 1 fully saturated rings. The Labute approximate surface area is 104 Å². The van der Waals surface area contributed by atoms with E-state index in [-0.39, 0.29) is 18.2 Å². The molecule has 0 bridgehead atoms. The average Bonchev–Trinajstić information content (AvgIpc) is 2.50. The molecule has 2 rings (SSSR count). The fraction of sp³-hybridized carbons (Fsp3) is 0.615. The van der Waals surface area contributed by atoms with Gasteiger partial charge in [0.2, 0.25) is 5.91 Å². The van der Waals surface area contributed by atoms with Crippen LogP contribution in [0.5, 0.6) is 0 Å². The number of fused-ring (bicyclic) bond motifs is 1. The molecule has 1 saturated heterocycles. The first-order valence-electron chi connectivity index (χ1n) is 5.97. The molecule has 0 aromatic rings. The number of carbonyl (C=O) groups excluding carboxylic acids is 1. The van der Waals surface area contributed by atoms with Gasteiger partial charge in [-0.05, 0) is 18.9 Å². The summed E-state index contributed by atoms with van der Waals surface area (Å²) < 4.78 is 37.1. The number of likely N-dealkylation sites (tertiary alicyclic amines) is 1. The number of hydrogen-bond donors (Lipinski definition) is 0. The van der Waals surface area contributed by atoms with Gasteiger partial charge in [-0.25, -0.2) is 0 Å². The van der Waals surface area contributed by atoms with Crippen LogP contribution in [-0.4, -0.2) is 24.0 Å². The number of rotatable bonds is 2. The number of amides is 1. The van der Waals surface area contributed by atoms with Gasteiger partial charge in [-0.1, -0.05) is 19.1 Å². The zero-order chi connectivity index (χ0) is 13.6. The Hall–Kier alpha value is -1.26. The lowest BCUT2D eigenvalue weighted by Crippen LogP contribution is -2.34. The van der Waals surface area contributed by atoms with E-state index >= 15 is 0 Å². The second kappa shape index (κ2) is 4.14. The molecule has 2 aliphatic rings. The predicted molar refractivity (Wildman–Crippen MR) is 61.5 cm³/mol. The number of nitrogens with zero attached hydrogens (tertiary/aromatic N) is 1. The summed E-state index contributed by atoms with van der Waals surface area (Å²) in [5, 5.41) is 0. The van der Waals surface area contributed by atoms with Gasteiger partial charge >= 0.3 is 6.18 Å². The van der Waals surface area contributed by atoms with Gasteiger partial charge < -0.3 is 4.90 Å². The number of carbonyl (C=O) groups is 1. The van der Waals surface area contributed by atoms with Crippen molar-refractivity contribution in [3.63, 3.8) is 0 Å². The Morgan fingerprint density at radius 2 is 2.17 bits per heavy atom. The van der Waals surface area contributed by atoms with Crippen LogP contribution in [0.2, 0.25) is 0 Å². The standard InChI is InChI=1S/C13H16F3NO/c1-12(7-8-13(14,15)16)9-5-3-4-6-10(9)17(2)11(12)18/h3-4,6,9H,5,7-8H2,1-2H3. The summed E-state index contributed by atoms with van der Waals surface area (Å²) in [6.07, 6.45) is 0.962. The lowest BCUT2D eigenvalue weighted by atomic mass is 9.72. The summed E-state index contributed by atoms with van der Waals surface area (Å²) in [6, 6.07) is 0. The van der Waals surface area contributed by atoms with Crippen molar-refractivity contribution in [3.05, 3.63) is 23.9 Å². The second-order valence-corrected chi connectivity index (χ2v) is 5.20. The minimum atomic E-state index is -4.21. The maximum Gasteiger partial charge on any atom is 0.389 e. The van der Waals surface area contributed by atoms with Crippen molar-refractivity contribution < 1.29 is 18.0 Å². The fourth-order valence-corrected chi connectivity index (χ4v) is 2.88. The maximum absolute atomic E-state index is 12.4. The summed E-state index contributed by atoms with van der Waals surface area (Å²) in [5.41, 5.74) is -0.0897. The van der Waals surface area contributed by atoms with Crippen molar-refractivity contribution in [2.75, 3.05) is 7.05 Å². The van der Waals surface area contributed by atoms with Gasteiger partial charge in [-0.3, -0.25) is 4.79 Å². The van der Waals surface area contributed by atoms with Crippen LogP contribution in [0.1, 0.15) is 26.2 Å². The van der Waals surface area contributed by atoms with E-state index in [4.69, 9.17) is 0 Å². The summed E-state index contributed by atoms with van der Waals surface area (Å²) in [6.45, 7) is 1.66. The number of alkyl halides is 3. The molecule has 5 heteroatoms. The van der Waals surface area contributed by atoms with Crippen LogP contribution in [0.25, 0.3) is 0 Å². The Kier molecular flexibility index (Phi) is 3.03. The lowest BCUT2D eigenvalue weighted by Gasteiger charge is -2.29. The van der Waals surface area contributed by atoms with Crippen LogP contribution in [0, 0.1) is 11.3 Å². The highest BCUT2D eigenvalue weighted by Gasteiger charge is 2.52. The highest BCUT2D eigenvalue weighted by molar-refractivity contribution is 5.88. The molecule has 100 valence electrons. The zero-order valence-electron chi connectivity index (χ0n) is 10.4. The molecule has 0 N–H and O–H groups in total. The van der Waals surface area contributed by atoms with Crippen molar-refractivity contribution in [2.45, 2.75) is 32.4 Å². The molecule has 1 amide bonds. The van der Waals surface area contributed by atoms with Crippen LogP contribution in [0.15, 0.2) is 23.9 Å². The van der Waals surface area contributed by atoms with Crippen molar-refractivity contribution in [1.29, 1.82) is 0 Å². The van der Waals surface area contributed by atoms with Crippen LogP contribution < -0.4 is 0 Å². The third-order valence-corrected chi connectivity index (χ3v) is 4.01. The van der Waals surface area contributed by atoms with Crippen LogP contribution in [0.4, 0.5) is 13.2 Å². The first-order chi connectivity index (χ1) is 8.26. The first kappa shape index (κ1) is 13.2. The topological polar surface area (TPSA) is 20.3 Å². The van der Waals surface area contributed by atoms with Gasteiger partial charge in [0.05, 0.1) is 5.41 Å². The Bertz CT molecular complexity index is 424. The van der Waals surface area contributed by atoms with Gasteiger partial charge in [0.25, 0.3) is 0 Å². The highest BCUT2D eigenvalue weighted by atomic mass is 19.4. The quantitative estimate of drug-likeness (QED) is 0.745. The van der Waals surface area contributed by atoms with Crippen LogP contribution in [-0.2, 0) is 4.79 Å². The lowest BCUT2D eigenvalue weighted by molar-refractivity contribution is -0.148. The predicted octanol–water partition coefficient (Wildman–Crippen LogP) is 3.27. The van der Waals surface area contributed by atoms with Crippen molar-refractivity contribution in [2.24, 2.45) is 11.3 Å². The van der Waals surface area contributed by atoms with Gasteiger partial charge in [0, 0.05) is 25.1 Å². The van der Waals surface area contributed by atoms with Gasteiger partial charge in [-0.2, -0.15) is 13.2 Å². The van der Waals surface area contributed by atoms with E-state index in [1.54, 1.807) is 14.0 Å². The molecule has 2 unspecified atom stereocenters. The van der Waals surface area contributed by atoms with E-state index in [0.717, 1.165) is 5.70 Å². The third-order valence-electron chi connectivity index (χ3n) is 4.01. The van der Waals surface area contributed by atoms with E-state index in [0.29, 0.717) is 6.42 Å². The Morgan fingerprint density at radius 3 is 2.78 bits per heavy atom. The summed E-state index contributed by atoms with van der Waals surface area (Å²) in [5.74, 6) is -0.325. The number of allylic oxidation sites excluding steroid dienone is 4. The van der Waals surface area contributed by atoms with Crippen molar-refractivity contribution in [3.8, 4) is 0 Å². The van der Waals surface area contributed by atoms with Gasteiger partial charge in [-0.15, -0.1) is 0 Å². The molecular weight excluding hydrogens is 243 g/mol. The normalized spacial score (nSPS) is 31.6. The molecule has 2 atom stereocenters. The summed E-state index contributed by atoms with van der Waals surface area (Å²) in [4.78, 5) is 13.7. The van der Waals surface area contributed by atoms with E-state index in [1.165, 1.54) is 4.90 Å². The molecule has 2 nitrogen and oxygen atoms in total. The van der Waals surface area contributed by atoms with E-state index in [1.807, 2.05) is 18.2 Å². The first-order valence-corrected chi connectivity index (χ1v) is 5.97. The number of halogens is 3. The molecule has 0 aromatic heterocycles. The summed E-state index contributed by atoms with van der Waals surface area (Å²) in [7, 11) is 1.64. The Morgan fingerprint density at radius 1 is 1.50 bits per heavy atom. The average molecular weight is 259 g/mol. The monoisotopic (exact) mass is 259 g/mol. The SMILES string of the molecule is CN1C(=O)C(C)(CCC(F)(F)F)C2CC=CC=C21. The van der Waals surface area contributed by atoms with E-state index < -0.39 is 18.0 Å². The highest BCUT2D eigenvalue weighted by Crippen LogP contribution is 2.50. The molecule has 1 aliphatic heterocycles. The van der Waals surface area contributed by atoms with Crippen molar-refractivity contribution >= 4 is 5.91 Å². The molecule has 0 radical (unpaired) electrons.